The average molecular weight is 253 g/mol. The van der Waals surface area contributed by atoms with Crippen LogP contribution in [0.15, 0.2) is 0 Å². The first-order chi connectivity index (χ1) is 8.59. The zero-order valence-corrected chi connectivity index (χ0v) is 11.8. The number of rotatable bonds is 6. The van der Waals surface area contributed by atoms with Crippen LogP contribution >= 0.6 is 0 Å². The Morgan fingerprint density at radius 3 is 2.44 bits per heavy atom. The molecule has 2 saturated carbocycles. The lowest BCUT2D eigenvalue weighted by molar-refractivity contribution is -0.145. The van der Waals surface area contributed by atoms with Gasteiger partial charge in [-0.2, -0.15) is 0 Å². The van der Waals surface area contributed by atoms with E-state index in [4.69, 9.17) is 0 Å². The third kappa shape index (κ3) is 3.47. The van der Waals surface area contributed by atoms with Gasteiger partial charge in [-0.3, -0.25) is 9.69 Å². The normalized spacial score (nSPS) is 28.9. The predicted molar refractivity (Wildman–Crippen MR) is 72.6 cm³/mol. The van der Waals surface area contributed by atoms with E-state index in [2.05, 4.69) is 18.7 Å². The minimum atomic E-state index is -0.574. The van der Waals surface area contributed by atoms with E-state index in [0.29, 0.717) is 18.0 Å². The Morgan fingerprint density at radius 2 is 1.89 bits per heavy atom. The molecule has 3 nitrogen and oxygen atoms in total. The minimum Gasteiger partial charge on any atom is -0.481 e. The van der Waals surface area contributed by atoms with Gasteiger partial charge in [0.05, 0.1) is 5.92 Å². The fraction of sp³-hybridized carbons (Fsp3) is 0.933. The van der Waals surface area contributed by atoms with Crippen LogP contribution in [0.4, 0.5) is 0 Å². The zero-order valence-electron chi connectivity index (χ0n) is 11.8. The summed E-state index contributed by atoms with van der Waals surface area (Å²) in [4.78, 5) is 14.0. The molecule has 2 atom stereocenters. The number of hydrogen-bond donors (Lipinski definition) is 1. The first-order valence-electron chi connectivity index (χ1n) is 7.58. The van der Waals surface area contributed by atoms with Crippen LogP contribution in [0.25, 0.3) is 0 Å². The lowest BCUT2D eigenvalue weighted by Crippen LogP contribution is -2.47. The van der Waals surface area contributed by atoms with Crippen LogP contribution in [-0.2, 0) is 4.79 Å². The third-order valence-corrected chi connectivity index (χ3v) is 4.45. The van der Waals surface area contributed by atoms with Crippen molar-refractivity contribution in [3.05, 3.63) is 0 Å². The second-order valence-corrected chi connectivity index (χ2v) is 6.45. The molecule has 2 aliphatic carbocycles. The predicted octanol–water partition coefficient (Wildman–Crippen LogP) is 3.14. The molecular weight excluding hydrogens is 226 g/mol. The van der Waals surface area contributed by atoms with E-state index in [0.717, 1.165) is 25.8 Å². The Hall–Kier alpha value is -0.570. The maximum Gasteiger partial charge on any atom is 0.308 e. The Kier molecular flexibility index (Phi) is 4.66. The molecule has 0 spiro atoms. The van der Waals surface area contributed by atoms with E-state index in [1.54, 1.807) is 0 Å². The van der Waals surface area contributed by atoms with Crippen molar-refractivity contribution in [1.82, 2.24) is 4.90 Å². The van der Waals surface area contributed by atoms with Gasteiger partial charge in [0.1, 0.15) is 0 Å². The van der Waals surface area contributed by atoms with Crippen molar-refractivity contribution in [2.45, 2.75) is 70.9 Å². The monoisotopic (exact) mass is 253 g/mol. The minimum absolute atomic E-state index is 0.119. The topological polar surface area (TPSA) is 40.5 Å². The summed E-state index contributed by atoms with van der Waals surface area (Å²) in [5.41, 5.74) is 0. The molecule has 0 amide bonds. The molecule has 2 rings (SSSR count). The molecule has 18 heavy (non-hydrogen) atoms. The molecule has 104 valence electrons. The van der Waals surface area contributed by atoms with E-state index in [1.165, 1.54) is 25.7 Å². The third-order valence-electron chi connectivity index (χ3n) is 4.45. The molecule has 2 unspecified atom stereocenters. The van der Waals surface area contributed by atoms with E-state index in [1.807, 2.05) is 0 Å². The molecule has 1 N–H and O–H groups in total. The molecule has 2 fully saturated rings. The van der Waals surface area contributed by atoms with Gasteiger partial charge in [0.25, 0.3) is 0 Å². The van der Waals surface area contributed by atoms with Crippen molar-refractivity contribution in [3.8, 4) is 0 Å². The summed E-state index contributed by atoms with van der Waals surface area (Å²) >= 11 is 0. The second kappa shape index (κ2) is 6.05. The van der Waals surface area contributed by atoms with Crippen LogP contribution in [-0.4, -0.2) is 34.6 Å². The molecule has 0 bridgehead atoms. The number of nitrogens with zero attached hydrogens (tertiary/aromatic N) is 1. The summed E-state index contributed by atoms with van der Waals surface area (Å²) in [5.74, 6) is 0.0135. The van der Waals surface area contributed by atoms with Crippen molar-refractivity contribution in [2.75, 3.05) is 6.54 Å². The summed E-state index contributed by atoms with van der Waals surface area (Å²) in [6, 6.07) is 0.996. The van der Waals surface area contributed by atoms with Gasteiger partial charge in [-0.15, -0.1) is 0 Å². The number of aliphatic carboxylic acids is 1. The quantitative estimate of drug-likeness (QED) is 0.790. The molecule has 0 heterocycles. The van der Waals surface area contributed by atoms with E-state index < -0.39 is 5.97 Å². The molecule has 0 aromatic rings. The highest BCUT2D eigenvalue weighted by Crippen LogP contribution is 2.36. The van der Waals surface area contributed by atoms with Crippen molar-refractivity contribution < 1.29 is 9.90 Å². The van der Waals surface area contributed by atoms with Gasteiger partial charge in [-0.05, 0) is 44.6 Å². The summed E-state index contributed by atoms with van der Waals surface area (Å²) in [7, 11) is 0. The van der Waals surface area contributed by atoms with Crippen LogP contribution in [0.1, 0.15) is 58.8 Å². The molecule has 0 aromatic heterocycles. The van der Waals surface area contributed by atoms with E-state index >= 15 is 0 Å². The van der Waals surface area contributed by atoms with Crippen LogP contribution in [0.3, 0.4) is 0 Å². The van der Waals surface area contributed by atoms with Gasteiger partial charge in [-0.25, -0.2) is 0 Å². The lowest BCUT2D eigenvalue weighted by Gasteiger charge is -2.38. The van der Waals surface area contributed by atoms with Crippen molar-refractivity contribution >= 4 is 5.97 Å². The summed E-state index contributed by atoms with van der Waals surface area (Å²) < 4.78 is 0. The summed E-state index contributed by atoms with van der Waals surface area (Å²) in [6.07, 6.45) is 8.02. The average Bonchev–Trinajstić information content (AvgIpc) is 3.14. The SMILES string of the molecule is CC(C)CCN(C1CC1)C1CCCCC1C(=O)O. The summed E-state index contributed by atoms with van der Waals surface area (Å²) in [5, 5.41) is 9.41. The van der Waals surface area contributed by atoms with Gasteiger partial charge in [-0.1, -0.05) is 26.7 Å². The molecule has 0 aromatic carbocycles. The highest BCUT2D eigenvalue weighted by Gasteiger charge is 2.40. The standard InChI is InChI=1S/C15H27NO2/c1-11(2)9-10-16(12-7-8-12)14-6-4-3-5-13(14)15(17)18/h11-14H,3-10H2,1-2H3,(H,17,18). The number of hydrogen-bond acceptors (Lipinski definition) is 2. The second-order valence-electron chi connectivity index (χ2n) is 6.45. The molecule has 0 saturated heterocycles. The zero-order chi connectivity index (χ0) is 13.1. The van der Waals surface area contributed by atoms with E-state index in [-0.39, 0.29) is 5.92 Å². The van der Waals surface area contributed by atoms with Crippen LogP contribution in [0, 0.1) is 11.8 Å². The van der Waals surface area contributed by atoms with Gasteiger partial charge >= 0.3 is 5.97 Å². The largest absolute Gasteiger partial charge is 0.481 e. The molecule has 0 aliphatic heterocycles. The van der Waals surface area contributed by atoms with E-state index in [9.17, 15) is 9.90 Å². The van der Waals surface area contributed by atoms with Gasteiger partial charge in [0.2, 0.25) is 0 Å². The Bertz CT molecular complexity index is 286. The fourth-order valence-electron chi connectivity index (χ4n) is 3.23. The van der Waals surface area contributed by atoms with Gasteiger partial charge in [0.15, 0.2) is 0 Å². The smallest absolute Gasteiger partial charge is 0.308 e. The maximum atomic E-state index is 11.4. The Labute approximate surface area is 111 Å². The summed E-state index contributed by atoms with van der Waals surface area (Å²) in [6.45, 7) is 5.60. The molecule has 0 radical (unpaired) electrons. The number of carboxylic acids is 1. The first-order valence-corrected chi connectivity index (χ1v) is 7.58. The number of carboxylic acid groups (broad SMARTS) is 1. The first kappa shape index (κ1) is 13.9. The molecule has 2 aliphatic rings. The maximum absolute atomic E-state index is 11.4. The molecule has 3 heteroatoms. The fourth-order valence-corrected chi connectivity index (χ4v) is 3.23. The Balaban J connectivity index is 2.00. The highest BCUT2D eigenvalue weighted by molar-refractivity contribution is 5.71. The van der Waals surface area contributed by atoms with Crippen molar-refractivity contribution in [3.63, 3.8) is 0 Å². The van der Waals surface area contributed by atoms with Gasteiger partial charge < -0.3 is 5.11 Å². The van der Waals surface area contributed by atoms with Crippen molar-refractivity contribution in [2.24, 2.45) is 11.8 Å². The number of carbonyl (C=O) groups is 1. The van der Waals surface area contributed by atoms with Gasteiger partial charge in [0, 0.05) is 12.1 Å². The molecular formula is C15H27NO2. The van der Waals surface area contributed by atoms with Crippen LogP contribution in [0.5, 0.6) is 0 Å². The van der Waals surface area contributed by atoms with Crippen LogP contribution in [0.2, 0.25) is 0 Å². The Morgan fingerprint density at radius 1 is 1.22 bits per heavy atom. The highest BCUT2D eigenvalue weighted by atomic mass is 16.4. The lowest BCUT2D eigenvalue weighted by atomic mass is 9.83. The van der Waals surface area contributed by atoms with Crippen molar-refractivity contribution in [1.29, 1.82) is 0 Å². The van der Waals surface area contributed by atoms with Crippen LogP contribution < -0.4 is 0 Å².